The maximum atomic E-state index is 5.50. The second-order valence-electron chi connectivity index (χ2n) is 3.47. The van der Waals surface area contributed by atoms with Gasteiger partial charge in [0.05, 0.1) is 5.56 Å². The molecule has 7 heteroatoms. The van der Waals surface area contributed by atoms with Crippen molar-refractivity contribution in [2.45, 2.75) is 0 Å². The molecule has 0 amide bonds. The molecule has 3 aromatic rings. The number of nitrogens with two attached hydrogens (primary N) is 1. The Kier molecular flexibility index (Phi) is 2.41. The van der Waals surface area contributed by atoms with Gasteiger partial charge in [-0.25, -0.2) is 15.0 Å². The molecular formula is C11H8N6O. The molecule has 0 spiro atoms. The lowest BCUT2D eigenvalue weighted by Gasteiger charge is -1.93. The summed E-state index contributed by atoms with van der Waals surface area (Å²) in [5, 5.41) is 3.82. The minimum atomic E-state index is 0.336. The van der Waals surface area contributed by atoms with E-state index in [0.29, 0.717) is 28.9 Å². The van der Waals surface area contributed by atoms with Gasteiger partial charge in [0, 0.05) is 18.6 Å². The summed E-state index contributed by atoms with van der Waals surface area (Å²) in [4.78, 5) is 16.2. The maximum absolute atomic E-state index is 5.50. The highest BCUT2D eigenvalue weighted by Crippen LogP contribution is 2.19. The van der Waals surface area contributed by atoms with Crippen molar-refractivity contribution in [3.8, 4) is 23.1 Å². The molecule has 0 aliphatic heterocycles. The molecule has 0 saturated carbocycles. The first kappa shape index (κ1) is 10.3. The van der Waals surface area contributed by atoms with Crippen LogP contribution in [0.3, 0.4) is 0 Å². The van der Waals surface area contributed by atoms with Crippen LogP contribution in [0.4, 0.5) is 5.82 Å². The second kappa shape index (κ2) is 4.21. The number of hydrogen-bond donors (Lipinski definition) is 1. The van der Waals surface area contributed by atoms with Gasteiger partial charge in [0.2, 0.25) is 11.6 Å². The molecule has 0 saturated heterocycles. The van der Waals surface area contributed by atoms with Crippen LogP contribution in [0.2, 0.25) is 0 Å². The summed E-state index contributed by atoms with van der Waals surface area (Å²) in [5.74, 6) is 1.54. The molecule has 0 unspecified atom stereocenters. The summed E-state index contributed by atoms with van der Waals surface area (Å²) in [6.07, 6.45) is 4.80. The van der Waals surface area contributed by atoms with Crippen LogP contribution < -0.4 is 5.73 Å². The highest BCUT2D eigenvalue weighted by Gasteiger charge is 2.12. The molecule has 0 fully saturated rings. The van der Waals surface area contributed by atoms with E-state index in [1.165, 1.54) is 0 Å². The number of anilines is 1. The summed E-state index contributed by atoms with van der Waals surface area (Å²) in [6, 6.07) is 5.14. The van der Waals surface area contributed by atoms with Gasteiger partial charge < -0.3 is 10.3 Å². The SMILES string of the molecule is Nc1ccc(-c2nc(-c3ncccn3)no2)cn1. The van der Waals surface area contributed by atoms with E-state index in [1.807, 2.05) is 0 Å². The average Bonchev–Trinajstić information content (AvgIpc) is 2.90. The van der Waals surface area contributed by atoms with Crippen LogP contribution in [0.25, 0.3) is 23.1 Å². The zero-order valence-electron chi connectivity index (χ0n) is 9.19. The summed E-state index contributed by atoms with van der Waals surface area (Å²) < 4.78 is 5.12. The monoisotopic (exact) mass is 240 g/mol. The van der Waals surface area contributed by atoms with Crippen LogP contribution in [0.5, 0.6) is 0 Å². The Hall–Kier alpha value is -2.83. The van der Waals surface area contributed by atoms with Gasteiger partial charge in [-0.15, -0.1) is 0 Å². The molecular weight excluding hydrogens is 232 g/mol. The predicted molar refractivity (Wildman–Crippen MR) is 63.0 cm³/mol. The first-order valence-corrected chi connectivity index (χ1v) is 5.16. The number of pyridine rings is 1. The van der Waals surface area contributed by atoms with Crippen molar-refractivity contribution in [1.29, 1.82) is 0 Å². The van der Waals surface area contributed by atoms with Crippen LogP contribution in [0.15, 0.2) is 41.3 Å². The predicted octanol–water partition coefficient (Wildman–Crippen LogP) is 1.17. The molecule has 0 atom stereocenters. The lowest BCUT2D eigenvalue weighted by atomic mass is 10.3. The first-order valence-electron chi connectivity index (χ1n) is 5.16. The molecule has 3 aromatic heterocycles. The zero-order chi connectivity index (χ0) is 12.4. The van der Waals surface area contributed by atoms with Crippen molar-refractivity contribution in [3.63, 3.8) is 0 Å². The molecule has 0 aliphatic rings. The minimum absolute atomic E-state index is 0.336. The van der Waals surface area contributed by atoms with E-state index in [1.54, 1.807) is 36.8 Å². The molecule has 3 rings (SSSR count). The lowest BCUT2D eigenvalue weighted by molar-refractivity contribution is 0.431. The van der Waals surface area contributed by atoms with Gasteiger partial charge in [-0.2, -0.15) is 4.98 Å². The maximum Gasteiger partial charge on any atom is 0.259 e. The van der Waals surface area contributed by atoms with Crippen molar-refractivity contribution in [2.24, 2.45) is 0 Å². The standard InChI is InChI=1S/C11H8N6O/c12-8-3-2-7(6-15-8)11-16-10(17-18-11)9-13-4-1-5-14-9/h1-6H,(H2,12,15). The van der Waals surface area contributed by atoms with Crippen LogP contribution >= 0.6 is 0 Å². The van der Waals surface area contributed by atoms with E-state index >= 15 is 0 Å². The number of hydrogen-bond acceptors (Lipinski definition) is 7. The van der Waals surface area contributed by atoms with Crippen molar-refractivity contribution < 1.29 is 4.52 Å². The van der Waals surface area contributed by atoms with Crippen LogP contribution in [-0.4, -0.2) is 25.1 Å². The van der Waals surface area contributed by atoms with Crippen molar-refractivity contribution in [2.75, 3.05) is 5.73 Å². The van der Waals surface area contributed by atoms with Crippen LogP contribution in [0, 0.1) is 0 Å². The molecule has 0 radical (unpaired) electrons. The molecule has 0 aromatic carbocycles. The fraction of sp³-hybridized carbons (Fsp3) is 0. The number of rotatable bonds is 2. The second-order valence-corrected chi connectivity index (χ2v) is 3.47. The van der Waals surface area contributed by atoms with E-state index in [2.05, 4.69) is 25.1 Å². The van der Waals surface area contributed by atoms with Gasteiger partial charge in [-0.1, -0.05) is 5.16 Å². The fourth-order valence-corrected chi connectivity index (χ4v) is 1.38. The van der Waals surface area contributed by atoms with Gasteiger partial charge in [0.15, 0.2) is 0 Å². The topological polar surface area (TPSA) is 104 Å². The normalized spacial score (nSPS) is 10.4. The number of nitrogen functional groups attached to an aromatic ring is 1. The molecule has 18 heavy (non-hydrogen) atoms. The Labute approximate surface area is 102 Å². The van der Waals surface area contributed by atoms with Crippen molar-refractivity contribution in [3.05, 3.63) is 36.8 Å². The zero-order valence-corrected chi connectivity index (χ0v) is 9.19. The summed E-state index contributed by atoms with van der Waals surface area (Å²) in [6.45, 7) is 0. The summed E-state index contributed by atoms with van der Waals surface area (Å²) in [7, 11) is 0. The Morgan fingerprint density at radius 2 is 1.83 bits per heavy atom. The molecule has 2 N–H and O–H groups in total. The average molecular weight is 240 g/mol. The van der Waals surface area contributed by atoms with Crippen molar-refractivity contribution >= 4 is 5.82 Å². The Morgan fingerprint density at radius 3 is 2.56 bits per heavy atom. The quantitative estimate of drug-likeness (QED) is 0.716. The first-order chi connectivity index (χ1) is 8.83. The molecule has 3 heterocycles. The smallest absolute Gasteiger partial charge is 0.259 e. The molecule has 0 bridgehead atoms. The minimum Gasteiger partial charge on any atom is -0.384 e. The van der Waals surface area contributed by atoms with Gasteiger partial charge in [-0.05, 0) is 18.2 Å². The van der Waals surface area contributed by atoms with Gasteiger partial charge >= 0.3 is 0 Å². The largest absolute Gasteiger partial charge is 0.384 e. The fourth-order valence-electron chi connectivity index (χ4n) is 1.38. The number of aromatic nitrogens is 5. The highest BCUT2D eigenvalue weighted by atomic mass is 16.5. The van der Waals surface area contributed by atoms with E-state index in [0.717, 1.165) is 0 Å². The summed E-state index contributed by atoms with van der Waals surface area (Å²) >= 11 is 0. The van der Waals surface area contributed by atoms with Gasteiger partial charge in [-0.3, -0.25) is 0 Å². The van der Waals surface area contributed by atoms with Gasteiger partial charge in [0.25, 0.3) is 5.89 Å². The van der Waals surface area contributed by atoms with Gasteiger partial charge in [0.1, 0.15) is 5.82 Å². The molecule has 7 nitrogen and oxygen atoms in total. The van der Waals surface area contributed by atoms with Crippen molar-refractivity contribution in [1.82, 2.24) is 25.1 Å². The lowest BCUT2D eigenvalue weighted by Crippen LogP contribution is -1.90. The van der Waals surface area contributed by atoms with E-state index in [9.17, 15) is 0 Å². The summed E-state index contributed by atoms with van der Waals surface area (Å²) in [5.41, 5.74) is 6.20. The third-order valence-corrected chi connectivity index (χ3v) is 2.23. The van der Waals surface area contributed by atoms with E-state index in [4.69, 9.17) is 10.3 Å². The Morgan fingerprint density at radius 1 is 1.00 bits per heavy atom. The van der Waals surface area contributed by atoms with Crippen LogP contribution in [0.1, 0.15) is 0 Å². The Bertz CT molecular complexity index is 649. The molecule has 0 aliphatic carbocycles. The highest BCUT2D eigenvalue weighted by molar-refractivity contribution is 5.56. The molecule has 88 valence electrons. The van der Waals surface area contributed by atoms with E-state index in [-0.39, 0.29) is 0 Å². The number of nitrogens with zero attached hydrogens (tertiary/aromatic N) is 5. The van der Waals surface area contributed by atoms with Crippen LogP contribution in [-0.2, 0) is 0 Å². The third kappa shape index (κ3) is 1.88. The Balaban J connectivity index is 1.97. The van der Waals surface area contributed by atoms with E-state index < -0.39 is 0 Å². The third-order valence-electron chi connectivity index (χ3n) is 2.23.